The van der Waals surface area contributed by atoms with E-state index in [4.69, 9.17) is 9.47 Å². The molecule has 2 rings (SSSR count). The van der Waals surface area contributed by atoms with Gasteiger partial charge >= 0.3 is 5.97 Å². The first kappa shape index (κ1) is 15.0. The molecular weight excluding hydrogens is 270 g/mol. The summed E-state index contributed by atoms with van der Waals surface area (Å²) in [5, 5.41) is 7.90. The maximum absolute atomic E-state index is 11.7. The van der Waals surface area contributed by atoms with Crippen LogP contribution in [0.15, 0.2) is 24.3 Å². The molecule has 21 heavy (non-hydrogen) atoms. The first-order valence-electron chi connectivity index (χ1n) is 6.85. The molecule has 1 aromatic carbocycles. The standard InChI is InChI=1S/C15H19N3O3/c1-4-21-15(19)14-11(2)18(17-16-14)10-9-12-5-7-13(20-3)8-6-12/h5-8H,4,9-10H2,1-3H3. The van der Waals surface area contributed by atoms with Crippen LogP contribution in [0.5, 0.6) is 5.75 Å². The molecule has 0 saturated carbocycles. The molecule has 0 spiro atoms. The summed E-state index contributed by atoms with van der Waals surface area (Å²) in [5.74, 6) is 0.408. The SMILES string of the molecule is CCOC(=O)c1nnn(CCc2ccc(OC)cc2)c1C. The number of carbonyl (C=O) groups excluding carboxylic acids is 1. The summed E-state index contributed by atoms with van der Waals surface area (Å²) < 4.78 is 11.8. The van der Waals surface area contributed by atoms with Gasteiger partial charge in [0.25, 0.3) is 0 Å². The van der Waals surface area contributed by atoms with E-state index in [-0.39, 0.29) is 5.69 Å². The number of nitrogens with zero attached hydrogens (tertiary/aromatic N) is 3. The average Bonchev–Trinajstić information content (AvgIpc) is 2.87. The predicted molar refractivity (Wildman–Crippen MR) is 77.4 cm³/mol. The molecule has 2 aromatic rings. The van der Waals surface area contributed by atoms with E-state index in [0.717, 1.165) is 17.9 Å². The number of esters is 1. The van der Waals surface area contributed by atoms with Crippen LogP contribution in [0.3, 0.4) is 0 Å². The fourth-order valence-corrected chi connectivity index (χ4v) is 1.99. The van der Waals surface area contributed by atoms with Crippen LogP contribution in [-0.2, 0) is 17.7 Å². The molecule has 0 fully saturated rings. The van der Waals surface area contributed by atoms with E-state index in [1.54, 1.807) is 18.7 Å². The summed E-state index contributed by atoms with van der Waals surface area (Å²) in [5.41, 5.74) is 2.18. The van der Waals surface area contributed by atoms with Crippen molar-refractivity contribution in [3.05, 3.63) is 41.2 Å². The van der Waals surface area contributed by atoms with Crippen LogP contribution in [0.1, 0.15) is 28.7 Å². The topological polar surface area (TPSA) is 66.2 Å². The van der Waals surface area contributed by atoms with E-state index in [9.17, 15) is 4.79 Å². The van der Waals surface area contributed by atoms with E-state index in [1.165, 1.54) is 5.56 Å². The number of carbonyl (C=O) groups is 1. The second-order valence-electron chi connectivity index (χ2n) is 4.57. The van der Waals surface area contributed by atoms with Crippen LogP contribution in [0, 0.1) is 6.92 Å². The maximum atomic E-state index is 11.7. The summed E-state index contributed by atoms with van der Waals surface area (Å²) >= 11 is 0. The van der Waals surface area contributed by atoms with E-state index < -0.39 is 5.97 Å². The van der Waals surface area contributed by atoms with Gasteiger partial charge < -0.3 is 9.47 Å². The molecule has 1 heterocycles. The Kier molecular flexibility index (Phi) is 4.92. The lowest BCUT2D eigenvalue weighted by atomic mass is 10.1. The van der Waals surface area contributed by atoms with Crippen molar-refractivity contribution < 1.29 is 14.3 Å². The lowest BCUT2D eigenvalue weighted by molar-refractivity contribution is 0.0518. The fourth-order valence-electron chi connectivity index (χ4n) is 1.99. The highest BCUT2D eigenvalue weighted by Crippen LogP contribution is 2.13. The number of benzene rings is 1. The molecule has 0 N–H and O–H groups in total. The van der Waals surface area contributed by atoms with Crippen LogP contribution in [0.25, 0.3) is 0 Å². The lowest BCUT2D eigenvalue weighted by Gasteiger charge is -2.05. The van der Waals surface area contributed by atoms with Gasteiger partial charge in [0.1, 0.15) is 5.75 Å². The molecule has 0 atom stereocenters. The minimum Gasteiger partial charge on any atom is -0.497 e. The summed E-state index contributed by atoms with van der Waals surface area (Å²) in [7, 11) is 1.64. The van der Waals surface area contributed by atoms with Gasteiger partial charge in [-0.2, -0.15) is 0 Å². The van der Waals surface area contributed by atoms with Gasteiger partial charge in [-0.3, -0.25) is 0 Å². The van der Waals surface area contributed by atoms with Gasteiger partial charge in [-0.05, 0) is 38.0 Å². The Morgan fingerprint density at radius 2 is 2.00 bits per heavy atom. The minimum absolute atomic E-state index is 0.284. The second kappa shape index (κ2) is 6.88. The average molecular weight is 289 g/mol. The monoisotopic (exact) mass is 289 g/mol. The molecule has 0 aliphatic heterocycles. The summed E-state index contributed by atoms with van der Waals surface area (Å²) in [6.07, 6.45) is 0.802. The van der Waals surface area contributed by atoms with E-state index in [2.05, 4.69) is 10.3 Å². The van der Waals surface area contributed by atoms with Gasteiger partial charge in [0.2, 0.25) is 0 Å². The first-order chi connectivity index (χ1) is 10.2. The molecular formula is C15H19N3O3. The Balaban J connectivity index is 2.01. The predicted octanol–water partition coefficient (Wildman–Crippen LogP) is 2.01. The molecule has 0 radical (unpaired) electrons. The van der Waals surface area contributed by atoms with Gasteiger partial charge in [0.05, 0.1) is 19.4 Å². The van der Waals surface area contributed by atoms with Crippen LogP contribution < -0.4 is 4.74 Å². The third-order valence-corrected chi connectivity index (χ3v) is 3.22. The zero-order chi connectivity index (χ0) is 15.2. The van der Waals surface area contributed by atoms with E-state index in [0.29, 0.717) is 13.2 Å². The maximum Gasteiger partial charge on any atom is 0.360 e. The fraction of sp³-hybridized carbons (Fsp3) is 0.400. The molecule has 0 bridgehead atoms. The summed E-state index contributed by atoms with van der Waals surface area (Å²) in [6, 6.07) is 7.87. The molecule has 0 saturated heterocycles. The van der Waals surface area contributed by atoms with Gasteiger partial charge in [0.15, 0.2) is 5.69 Å². The first-order valence-corrected chi connectivity index (χ1v) is 6.85. The Morgan fingerprint density at radius 1 is 1.29 bits per heavy atom. The number of hydrogen-bond acceptors (Lipinski definition) is 5. The molecule has 6 heteroatoms. The van der Waals surface area contributed by atoms with Gasteiger partial charge in [-0.25, -0.2) is 9.48 Å². The zero-order valence-electron chi connectivity index (χ0n) is 12.5. The third kappa shape index (κ3) is 3.59. The largest absolute Gasteiger partial charge is 0.497 e. The van der Waals surface area contributed by atoms with Crippen LogP contribution in [-0.4, -0.2) is 34.7 Å². The number of aromatic nitrogens is 3. The normalized spacial score (nSPS) is 10.4. The van der Waals surface area contributed by atoms with Crippen LogP contribution >= 0.6 is 0 Å². The smallest absolute Gasteiger partial charge is 0.360 e. The quantitative estimate of drug-likeness (QED) is 0.761. The molecule has 1 aromatic heterocycles. The molecule has 112 valence electrons. The third-order valence-electron chi connectivity index (χ3n) is 3.22. The van der Waals surface area contributed by atoms with Crippen molar-refractivity contribution in [2.45, 2.75) is 26.8 Å². The van der Waals surface area contributed by atoms with Crippen molar-refractivity contribution in [3.63, 3.8) is 0 Å². The van der Waals surface area contributed by atoms with E-state index >= 15 is 0 Å². The number of rotatable bonds is 6. The Bertz CT molecular complexity index is 605. The van der Waals surface area contributed by atoms with Crippen molar-refractivity contribution in [2.75, 3.05) is 13.7 Å². The summed E-state index contributed by atoms with van der Waals surface area (Å²) in [4.78, 5) is 11.7. The van der Waals surface area contributed by atoms with E-state index in [1.807, 2.05) is 31.2 Å². The van der Waals surface area contributed by atoms with Crippen LogP contribution in [0.2, 0.25) is 0 Å². The molecule has 6 nitrogen and oxygen atoms in total. The highest BCUT2D eigenvalue weighted by Gasteiger charge is 2.17. The van der Waals surface area contributed by atoms with Crippen molar-refractivity contribution in [1.29, 1.82) is 0 Å². The zero-order valence-corrected chi connectivity index (χ0v) is 12.5. The molecule has 0 aliphatic carbocycles. The highest BCUT2D eigenvalue weighted by atomic mass is 16.5. The van der Waals surface area contributed by atoms with Crippen LogP contribution in [0.4, 0.5) is 0 Å². The minimum atomic E-state index is -0.425. The molecule has 0 amide bonds. The van der Waals surface area contributed by atoms with Crippen molar-refractivity contribution in [3.8, 4) is 5.75 Å². The second-order valence-corrected chi connectivity index (χ2v) is 4.57. The Hall–Kier alpha value is -2.37. The Morgan fingerprint density at radius 3 is 2.62 bits per heavy atom. The van der Waals surface area contributed by atoms with Crippen molar-refractivity contribution >= 4 is 5.97 Å². The van der Waals surface area contributed by atoms with Gasteiger partial charge in [-0.15, -0.1) is 5.10 Å². The highest BCUT2D eigenvalue weighted by molar-refractivity contribution is 5.88. The summed E-state index contributed by atoms with van der Waals surface area (Å²) in [6.45, 7) is 4.57. The van der Waals surface area contributed by atoms with Gasteiger partial charge in [-0.1, -0.05) is 17.3 Å². The Labute approximate surface area is 123 Å². The van der Waals surface area contributed by atoms with Crippen molar-refractivity contribution in [1.82, 2.24) is 15.0 Å². The van der Waals surface area contributed by atoms with Gasteiger partial charge in [0, 0.05) is 6.54 Å². The number of ether oxygens (including phenoxy) is 2. The molecule has 0 aliphatic rings. The number of methoxy groups -OCH3 is 1. The van der Waals surface area contributed by atoms with Crippen molar-refractivity contribution in [2.24, 2.45) is 0 Å². The molecule has 0 unspecified atom stereocenters. The number of hydrogen-bond donors (Lipinski definition) is 0. The number of aryl methyl sites for hydroxylation is 2. The lowest BCUT2D eigenvalue weighted by Crippen LogP contribution is -2.09.